The Kier molecular flexibility index (Phi) is 5.01. The van der Waals surface area contributed by atoms with Crippen LogP contribution in [0.4, 0.5) is 4.79 Å². The SMILES string of the molecule is CCN(CC)C(=O)Oc1cccc2c(C#N)c(-c3ccccc3)sc12. The topological polar surface area (TPSA) is 53.3 Å². The van der Waals surface area contributed by atoms with Gasteiger partial charge in [0.25, 0.3) is 0 Å². The first kappa shape index (κ1) is 17.0. The smallest absolute Gasteiger partial charge is 0.409 e. The highest BCUT2D eigenvalue weighted by Crippen LogP contribution is 2.42. The molecule has 0 fully saturated rings. The monoisotopic (exact) mass is 350 g/mol. The predicted molar refractivity (Wildman–Crippen MR) is 101 cm³/mol. The summed E-state index contributed by atoms with van der Waals surface area (Å²) in [6, 6.07) is 17.6. The summed E-state index contributed by atoms with van der Waals surface area (Å²) in [6.07, 6.45) is -0.370. The van der Waals surface area contributed by atoms with E-state index in [4.69, 9.17) is 4.74 Å². The normalized spacial score (nSPS) is 10.4. The molecule has 126 valence electrons. The number of carbonyl (C=O) groups is 1. The summed E-state index contributed by atoms with van der Waals surface area (Å²) in [4.78, 5) is 14.8. The van der Waals surface area contributed by atoms with Gasteiger partial charge in [-0.15, -0.1) is 11.3 Å². The third-order valence-electron chi connectivity index (χ3n) is 4.05. The fourth-order valence-corrected chi connectivity index (χ4v) is 3.92. The zero-order valence-electron chi connectivity index (χ0n) is 14.2. The van der Waals surface area contributed by atoms with Crippen molar-refractivity contribution in [2.75, 3.05) is 13.1 Å². The van der Waals surface area contributed by atoms with Crippen molar-refractivity contribution in [3.05, 3.63) is 54.1 Å². The highest BCUT2D eigenvalue weighted by molar-refractivity contribution is 7.23. The molecule has 0 spiro atoms. The van der Waals surface area contributed by atoms with Gasteiger partial charge in [0.1, 0.15) is 6.07 Å². The minimum Gasteiger partial charge on any atom is -0.409 e. The van der Waals surface area contributed by atoms with Gasteiger partial charge < -0.3 is 9.64 Å². The van der Waals surface area contributed by atoms with E-state index in [0.29, 0.717) is 24.4 Å². The third kappa shape index (κ3) is 3.21. The molecule has 0 N–H and O–H groups in total. The molecule has 1 amide bonds. The van der Waals surface area contributed by atoms with Gasteiger partial charge in [0.05, 0.1) is 15.1 Å². The highest BCUT2D eigenvalue weighted by atomic mass is 32.1. The Morgan fingerprint density at radius 3 is 2.48 bits per heavy atom. The number of thiophene rings is 1. The van der Waals surface area contributed by atoms with Crippen molar-refractivity contribution in [1.29, 1.82) is 5.26 Å². The molecule has 0 saturated heterocycles. The molecule has 0 aliphatic heterocycles. The molecule has 0 atom stereocenters. The molecular weight excluding hydrogens is 332 g/mol. The van der Waals surface area contributed by atoms with Crippen LogP contribution in [0, 0.1) is 11.3 Å². The number of hydrogen-bond acceptors (Lipinski definition) is 4. The third-order valence-corrected chi connectivity index (χ3v) is 5.32. The first-order chi connectivity index (χ1) is 12.2. The molecule has 1 aromatic heterocycles. The van der Waals surface area contributed by atoms with Crippen LogP contribution in [0.1, 0.15) is 19.4 Å². The fourth-order valence-electron chi connectivity index (χ4n) is 2.72. The van der Waals surface area contributed by atoms with Crippen molar-refractivity contribution in [3.63, 3.8) is 0 Å². The summed E-state index contributed by atoms with van der Waals surface area (Å²) < 4.78 is 6.43. The number of amides is 1. The molecular formula is C20H18N2O2S. The van der Waals surface area contributed by atoms with E-state index in [1.165, 1.54) is 11.3 Å². The number of nitriles is 1. The lowest BCUT2D eigenvalue weighted by Crippen LogP contribution is -2.33. The summed E-state index contributed by atoms with van der Waals surface area (Å²) in [5.74, 6) is 0.498. The molecule has 3 rings (SSSR count). The number of rotatable bonds is 4. The lowest BCUT2D eigenvalue weighted by atomic mass is 10.1. The van der Waals surface area contributed by atoms with Gasteiger partial charge in [0.2, 0.25) is 0 Å². The van der Waals surface area contributed by atoms with Crippen molar-refractivity contribution in [1.82, 2.24) is 4.90 Å². The molecule has 0 saturated carbocycles. The second-order valence-corrected chi connectivity index (χ2v) is 6.48. The van der Waals surface area contributed by atoms with Crippen molar-refractivity contribution >= 4 is 27.5 Å². The lowest BCUT2D eigenvalue weighted by Gasteiger charge is -2.18. The molecule has 0 bridgehead atoms. The molecule has 0 radical (unpaired) electrons. The van der Waals surface area contributed by atoms with Gasteiger partial charge in [-0.05, 0) is 25.5 Å². The average molecular weight is 350 g/mol. The van der Waals surface area contributed by atoms with E-state index in [9.17, 15) is 10.1 Å². The lowest BCUT2D eigenvalue weighted by molar-refractivity contribution is 0.158. The van der Waals surface area contributed by atoms with Gasteiger partial charge in [-0.3, -0.25) is 0 Å². The summed E-state index contributed by atoms with van der Waals surface area (Å²) in [6.45, 7) is 5.01. The number of fused-ring (bicyclic) bond motifs is 1. The maximum Gasteiger partial charge on any atom is 0.415 e. The van der Waals surface area contributed by atoms with Gasteiger partial charge in [0.15, 0.2) is 5.75 Å². The van der Waals surface area contributed by atoms with E-state index >= 15 is 0 Å². The Morgan fingerprint density at radius 2 is 1.84 bits per heavy atom. The average Bonchev–Trinajstić information content (AvgIpc) is 3.03. The van der Waals surface area contributed by atoms with Crippen molar-refractivity contribution in [2.24, 2.45) is 0 Å². The van der Waals surface area contributed by atoms with Crippen molar-refractivity contribution < 1.29 is 9.53 Å². The molecule has 3 aromatic rings. The number of nitrogens with zero attached hydrogens (tertiary/aromatic N) is 2. The van der Waals surface area contributed by atoms with Crippen LogP contribution in [0.2, 0.25) is 0 Å². The van der Waals surface area contributed by atoms with Crippen LogP contribution in [0.5, 0.6) is 5.75 Å². The Balaban J connectivity index is 2.09. The zero-order valence-corrected chi connectivity index (χ0v) is 15.0. The van der Waals surface area contributed by atoms with Crippen LogP contribution in [0.3, 0.4) is 0 Å². The maximum atomic E-state index is 12.3. The van der Waals surface area contributed by atoms with E-state index in [1.807, 2.05) is 56.3 Å². The van der Waals surface area contributed by atoms with Crippen LogP contribution >= 0.6 is 11.3 Å². The molecule has 0 aliphatic carbocycles. The largest absolute Gasteiger partial charge is 0.415 e. The summed E-state index contributed by atoms with van der Waals surface area (Å²) in [5, 5.41) is 10.5. The number of carbonyl (C=O) groups excluding carboxylic acids is 1. The zero-order chi connectivity index (χ0) is 17.8. The van der Waals surface area contributed by atoms with E-state index in [-0.39, 0.29) is 6.09 Å². The number of hydrogen-bond donors (Lipinski definition) is 0. The maximum absolute atomic E-state index is 12.3. The van der Waals surface area contributed by atoms with Crippen molar-refractivity contribution in [3.8, 4) is 22.3 Å². The molecule has 2 aromatic carbocycles. The quantitative estimate of drug-likeness (QED) is 0.643. The molecule has 0 unspecified atom stereocenters. The highest BCUT2D eigenvalue weighted by Gasteiger charge is 2.19. The molecule has 1 heterocycles. The van der Waals surface area contributed by atoms with Gasteiger partial charge in [0, 0.05) is 18.5 Å². The Morgan fingerprint density at radius 1 is 1.12 bits per heavy atom. The van der Waals surface area contributed by atoms with E-state index < -0.39 is 0 Å². The molecule has 25 heavy (non-hydrogen) atoms. The fraction of sp³-hybridized carbons (Fsp3) is 0.200. The Bertz CT molecular complexity index is 937. The second kappa shape index (κ2) is 7.37. The van der Waals surface area contributed by atoms with Crippen LogP contribution in [0.15, 0.2) is 48.5 Å². The van der Waals surface area contributed by atoms with Gasteiger partial charge in [-0.25, -0.2) is 4.79 Å². The standard InChI is InChI=1S/C20H18N2O2S/c1-3-22(4-2)20(23)24-17-12-8-11-15-16(13-21)18(25-19(15)17)14-9-6-5-7-10-14/h5-12H,3-4H2,1-2H3. The van der Waals surface area contributed by atoms with Gasteiger partial charge in [-0.2, -0.15) is 5.26 Å². The summed E-state index contributed by atoms with van der Waals surface area (Å²) in [7, 11) is 0. The van der Waals surface area contributed by atoms with Crippen LogP contribution in [0.25, 0.3) is 20.5 Å². The van der Waals surface area contributed by atoms with Gasteiger partial charge >= 0.3 is 6.09 Å². The molecule has 0 aliphatic rings. The van der Waals surface area contributed by atoms with E-state index in [1.54, 1.807) is 11.0 Å². The number of ether oxygens (including phenoxy) is 1. The van der Waals surface area contributed by atoms with E-state index in [0.717, 1.165) is 20.5 Å². The van der Waals surface area contributed by atoms with Crippen LogP contribution in [-0.4, -0.2) is 24.1 Å². The van der Waals surface area contributed by atoms with Gasteiger partial charge in [-0.1, -0.05) is 42.5 Å². The Labute approximate surface area is 150 Å². The summed E-state index contributed by atoms with van der Waals surface area (Å²) >= 11 is 1.48. The minimum atomic E-state index is -0.370. The number of benzene rings is 2. The molecule has 4 nitrogen and oxygen atoms in total. The van der Waals surface area contributed by atoms with Crippen molar-refractivity contribution in [2.45, 2.75) is 13.8 Å². The van der Waals surface area contributed by atoms with Crippen LogP contribution in [-0.2, 0) is 0 Å². The predicted octanol–water partition coefficient (Wildman–Crippen LogP) is 5.28. The first-order valence-corrected chi connectivity index (χ1v) is 8.99. The minimum absolute atomic E-state index is 0.370. The van der Waals surface area contributed by atoms with E-state index in [2.05, 4.69) is 6.07 Å². The first-order valence-electron chi connectivity index (χ1n) is 8.17. The second-order valence-electron chi connectivity index (χ2n) is 5.46. The Hall–Kier alpha value is -2.84. The molecule has 5 heteroatoms. The summed E-state index contributed by atoms with van der Waals surface area (Å²) in [5.41, 5.74) is 1.60. The van der Waals surface area contributed by atoms with Crippen LogP contribution < -0.4 is 4.74 Å².